The lowest BCUT2D eigenvalue weighted by Gasteiger charge is -2.43. The van der Waals surface area contributed by atoms with E-state index in [0.717, 1.165) is 77.8 Å². The third kappa shape index (κ3) is 13.9. The molecule has 4 fully saturated rings. The third-order valence-corrected chi connectivity index (χ3v) is 17.6. The van der Waals surface area contributed by atoms with Crippen LogP contribution in [0.3, 0.4) is 0 Å². The number of carbonyl (C=O) groups is 5. The number of hydrogen-bond acceptors (Lipinski definition) is 14. The molecule has 4 aliphatic rings. The van der Waals surface area contributed by atoms with Gasteiger partial charge in [0.05, 0.1) is 48.4 Å². The summed E-state index contributed by atoms with van der Waals surface area (Å²) in [5, 5.41) is 16.6. The van der Waals surface area contributed by atoms with Crippen molar-refractivity contribution >= 4 is 63.5 Å². The number of methoxy groups -OCH3 is 1. The average molecular weight is 1080 g/mol. The Bertz CT molecular complexity index is 2630. The highest BCUT2D eigenvalue weighted by Crippen LogP contribution is 2.39. The summed E-state index contributed by atoms with van der Waals surface area (Å²) in [7, 11) is 3.29. The van der Waals surface area contributed by atoms with E-state index in [0.29, 0.717) is 73.7 Å². The minimum atomic E-state index is -0.813. The number of anilines is 2. The van der Waals surface area contributed by atoms with Crippen LogP contribution in [-0.2, 0) is 19.1 Å². The van der Waals surface area contributed by atoms with Crippen molar-refractivity contribution in [1.29, 1.82) is 0 Å². The average Bonchev–Trinajstić information content (AvgIpc) is 4.08. The number of thiazole rings is 1. The van der Waals surface area contributed by atoms with Gasteiger partial charge >= 0.3 is 0 Å². The number of hydrogen-bond donors (Lipinski definition) is 5. The van der Waals surface area contributed by atoms with Crippen LogP contribution in [0.5, 0.6) is 5.75 Å². The summed E-state index contributed by atoms with van der Waals surface area (Å²) in [6, 6.07) is 20.0. The second kappa shape index (κ2) is 25.7. The SMILES string of the molecule is CC[C@@H](NC(=O)[C@@H]1C[C@H](NC2CCC(N3CCN(c4ccc(C(=O)Nc5ncc(Sc6cc(C(=O)N7CCOCC7)c(OC)cc6C)s5)cc4)CC3)CC2)CN1C(=O)[C@@H](NC(=O)[C@H](C)NC)C(C)(C)C)c1ccccc1. The summed E-state index contributed by atoms with van der Waals surface area (Å²) in [6.07, 6.45) is 7.09. The molecular formula is C57H78N10O7S2. The molecule has 1 saturated carbocycles. The first-order chi connectivity index (χ1) is 36.5. The lowest BCUT2D eigenvalue weighted by molar-refractivity contribution is -0.144. The van der Waals surface area contributed by atoms with Gasteiger partial charge in [0, 0.05) is 80.1 Å². The van der Waals surface area contributed by atoms with E-state index in [9.17, 15) is 24.0 Å². The van der Waals surface area contributed by atoms with Crippen LogP contribution in [0.2, 0.25) is 0 Å². The predicted octanol–water partition coefficient (Wildman–Crippen LogP) is 6.73. The van der Waals surface area contributed by atoms with Gasteiger partial charge in [-0.05, 0) is 112 Å². The van der Waals surface area contributed by atoms with Crippen LogP contribution in [0.4, 0.5) is 10.8 Å². The first-order valence-corrected chi connectivity index (χ1v) is 28.7. The number of nitrogens with one attached hydrogen (secondary N) is 5. The fraction of sp³-hybridized carbons (Fsp3) is 0.544. The van der Waals surface area contributed by atoms with Crippen molar-refractivity contribution in [2.45, 2.75) is 131 Å². The number of nitrogens with zero attached hydrogens (tertiary/aromatic N) is 5. The molecule has 0 unspecified atom stereocenters. The molecule has 5 amide bonds. The van der Waals surface area contributed by atoms with Gasteiger partial charge in [-0.25, -0.2) is 4.98 Å². The standard InChI is InChI=1S/C57H78N10O7S2/c1-9-45(38-13-11-10-12-14-38)61-53(70)46-32-41(35-67(46)55(72)50(57(4,5)6)62-51(68)37(3)58-7)60-40-17-21-43(22-18-40)65-25-23-64(24-26-65)42-19-15-39(16-20-42)52(69)63-56-59-34-49(76-56)75-48-33-44(47(73-8)31-36(48)2)54(71)66-27-29-74-30-28-66/h10-16,19-20,31,33-34,37,40-41,43,45-46,50,58,60H,9,17-18,21-30,32,35H2,1-8H3,(H,61,70)(H,62,68)(H,59,63,69)/t37-,40?,41-,43?,45+,46-,50+/m0/s1. The van der Waals surface area contributed by atoms with Crippen LogP contribution in [0.25, 0.3) is 0 Å². The van der Waals surface area contributed by atoms with Gasteiger partial charge in [0.2, 0.25) is 17.7 Å². The molecule has 4 aromatic rings. The highest BCUT2D eigenvalue weighted by Gasteiger charge is 2.46. The molecule has 1 aliphatic carbocycles. The fourth-order valence-corrected chi connectivity index (χ4v) is 12.8. The highest BCUT2D eigenvalue weighted by molar-refractivity contribution is 8.01. The van der Waals surface area contributed by atoms with Crippen LogP contribution in [-0.4, -0.2) is 159 Å². The number of amides is 5. The summed E-state index contributed by atoms with van der Waals surface area (Å²) in [4.78, 5) is 82.8. The van der Waals surface area contributed by atoms with Crippen molar-refractivity contribution < 1.29 is 33.4 Å². The van der Waals surface area contributed by atoms with Gasteiger partial charge in [-0.3, -0.25) is 34.2 Å². The Balaban J connectivity index is 0.814. The van der Waals surface area contributed by atoms with E-state index in [4.69, 9.17) is 9.47 Å². The first kappa shape index (κ1) is 56.6. The quantitative estimate of drug-likeness (QED) is 0.0706. The van der Waals surface area contributed by atoms with E-state index >= 15 is 0 Å². The number of piperazine rings is 1. The van der Waals surface area contributed by atoms with Crippen LogP contribution < -0.4 is 36.2 Å². The summed E-state index contributed by atoms with van der Waals surface area (Å²) in [5.41, 5.74) is 3.55. The molecule has 8 rings (SSSR count). The van der Waals surface area contributed by atoms with Crippen LogP contribution in [0.1, 0.15) is 111 Å². The fourth-order valence-electron chi connectivity index (χ4n) is 10.8. The zero-order chi connectivity index (χ0) is 54.1. The van der Waals surface area contributed by atoms with Crippen LogP contribution in [0, 0.1) is 12.3 Å². The normalized spacial score (nSPS) is 21.6. The minimum Gasteiger partial charge on any atom is -0.496 e. The van der Waals surface area contributed by atoms with E-state index in [1.165, 1.54) is 23.1 Å². The van der Waals surface area contributed by atoms with Crippen molar-refractivity contribution in [2.75, 3.05) is 83.4 Å². The molecule has 0 bridgehead atoms. The van der Waals surface area contributed by atoms with Gasteiger partial charge in [0.25, 0.3) is 11.8 Å². The number of benzene rings is 3. The molecule has 76 heavy (non-hydrogen) atoms. The smallest absolute Gasteiger partial charge is 0.257 e. The van der Waals surface area contributed by atoms with E-state index in [2.05, 4.69) is 48.3 Å². The minimum absolute atomic E-state index is 0.0684. The molecule has 0 radical (unpaired) electrons. The van der Waals surface area contributed by atoms with Gasteiger partial charge in [-0.2, -0.15) is 0 Å². The van der Waals surface area contributed by atoms with Crippen LogP contribution >= 0.6 is 23.1 Å². The number of carbonyl (C=O) groups excluding carboxylic acids is 5. The maximum Gasteiger partial charge on any atom is 0.257 e. The maximum absolute atomic E-state index is 14.6. The Morgan fingerprint density at radius 1 is 0.895 bits per heavy atom. The van der Waals surface area contributed by atoms with Gasteiger partial charge in [-0.15, -0.1) is 0 Å². The number of aromatic nitrogens is 1. The lowest BCUT2D eigenvalue weighted by Crippen LogP contribution is -2.59. The number of ether oxygens (including phenoxy) is 2. The summed E-state index contributed by atoms with van der Waals surface area (Å²) in [6.45, 7) is 17.8. The van der Waals surface area contributed by atoms with E-state index in [1.807, 2.05) is 94.4 Å². The lowest BCUT2D eigenvalue weighted by atomic mass is 9.85. The molecule has 5 N–H and O–H groups in total. The topological polar surface area (TPSA) is 190 Å². The van der Waals surface area contributed by atoms with E-state index in [-0.39, 0.29) is 47.7 Å². The van der Waals surface area contributed by atoms with Crippen molar-refractivity contribution in [3.8, 4) is 5.75 Å². The summed E-state index contributed by atoms with van der Waals surface area (Å²) < 4.78 is 11.9. The maximum atomic E-state index is 14.6. The van der Waals surface area contributed by atoms with Crippen LogP contribution in [0.15, 0.2) is 82.0 Å². The Kier molecular flexibility index (Phi) is 19.2. The summed E-state index contributed by atoms with van der Waals surface area (Å²) in [5.74, 6) is -0.438. The molecule has 0 spiro atoms. The number of likely N-dealkylation sites (tertiary alicyclic amines) is 1. The van der Waals surface area contributed by atoms with Crippen molar-refractivity contribution in [3.63, 3.8) is 0 Å². The Labute approximate surface area is 457 Å². The Hall–Kier alpha value is -5.57. The second-order valence-electron chi connectivity index (χ2n) is 21.6. The first-order valence-electron chi connectivity index (χ1n) is 27.0. The molecule has 5 atom stereocenters. The zero-order valence-electron chi connectivity index (χ0n) is 45.5. The second-order valence-corrected chi connectivity index (χ2v) is 24.0. The largest absolute Gasteiger partial charge is 0.496 e. The molecule has 4 heterocycles. The summed E-state index contributed by atoms with van der Waals surface area (Å²) >= 11 is 2.89. The molecular weight excluding hydrogens is 1000 g/mol. The van der Waals surface area contributed by atoms with Gasteiger partial charge in [0.1, 0.15) is 17.8 Å². The molecule has 1 aromatic heterocycles. The molecule has 3 aromatic carbocycles. The third-order valence-electron chi connectivity index (χ3n) is 15.5. The van der Waals surface area contributed by atoms with E-state index in [1.54, 1.807) is 37.1 Å². The van der Waals surface area contributed by atoms with Gasteiger partial charge in [0.15, 0.2) is 5.13 Å². The molecule has 17 nitrogen and oxygen atoms in total. The van der Waals surface area contributed by atoms with Crippen molar-refractivity contribution in [3.05, 3.63) is 95.2 Å². The predicted molar refractivity (Wildman–Crippen MR) is 299 cm³/mol. The number of aryl methyl sites for hydroxylation is 1. The zero-order valence-corrected chi connectivity index (χ0v) is 47.1. The Morgan fingerprint density at radius 2 is 1.59 bits per heavy atom. The van der Waals surface area contributed by atoms with Crippen molar-refractivity contribution in [1.82, 2.24) is 41.0 Å². The monoisotopic (exact) mass is 1080 g/mol. The molecule has 3 saturated heterocycles. The molecule has 3 aliphatic heterocycles. The number of rotatable bonds is 18. The highest BCUT2D eigenvalue weighted by atomic mass is 32.2. The molecule has 410 valence electrons. The number of morpholine rings is 1. The van der Waals surface area contributed by atoms with E-state index < -0.39 is 23.5 Å². The molecule has 19 heteroatoms. The van der Waals surface area contributed by atoms with Crippen molar-refractivity contribution in [2.24, 2.45) is 5.41 Å². The number of likely N-dealkylation sites (N-methyl/N-ethyl adjacent to an activating group) is 1. The van der Waals surface area contributed by atoms with Gasteiger partial charge in [-0.1, -0.05) is 81.1 Å². The van der Waals surface area contributed by atoms with Gasteiger partial charge < -0.3 is 45.4 Å². The Morgan fingerprint density at radius 3 is 2.24 bits per heavy atom.